The number of amides is 1. The van der Waals surface area contributed by atoms with Gasteiger partial charge in [0.2, 0.25) is 5.91 Å². The third kappa shape index (κ3) is 6.98. The van der Waals surface area contributed by atoms with Crippen molar-refractivity contribution in [3.8, 4) is 0 Å². The lowest BCUT2D eigenvalue weighted by Crippen LogP contribution is -2.45. The molecule has 0 bridgehead atoms. The maximum Gasteiger partial charge on any atom is 0.328 e. The van der Waals surface area contributed by atoms with Gasteiger partial charge < -0.3 is 10.1 Å². The number of hydrogen-bond donors (Lipinski definition) is 1. The number of carbonyl (C=O) groups excluding carboxylic acids is 3. The Morgan fingerprint density at radius 3 is 2.52 bits per heavy atom. The quantitative estimate of drug-likeness (QED) is 0.806. The Kier molecular flexibility index (Phi) is 8.42. The number of nitrogens with one attached hydrogen (secondary N) is 1. The van der Waals surface area contributed by atoms with Crippen molar-refractivity contribution in [3.05, 3.63) is 0 Å². The third-order valence-corrected chi connectivity index (χ3v) is 4.52. The van der Waals surface area contributed by atoms with E-state index in [1.54, 1.807) is 6.92 Å². The van der Waals surface area contributed by atoms with Gasteiger partial charge in [0, 0.05) is 18.6 Å². The summed E-state index contributed by atoms with van der Waals surface area (Å²) < 4.78 is 5.02. The molecule has 1 amide bonds. The van der Waals surface area contributed by atoms with Crippen LogP contribution in [0.3, 0.4) is 0 Å². The van der Waals surface area contributed by atoms with Crippen LogP contribution in [0.25, 0.3) is 0 Å². The summed E-state index contributed by atoms with van der Waals surface area (Å²) in [5.74, 6) is -0.224. The molecule has 1 aliphatic heterocycles. The van der Waals surface area contributed by atoms with Crippen LogP contribution in [0.5, 0.6) is 0 Å². The van der Waals surface area contributed by atoms with Crippen LogP contribution in [-0.2, 0) is 19.1 Å². The number of thioether (sulfide) groups is 1. The van der Waals surface area contributed by atoms with Crippen LogP contribution in [0.1, 0.15) is 52.4 Å². The lowest BCUT2D eigenvalue weighted by atomic mass is 9.97. The van der Waals surface area contributed by atoms with Crippen molar-refractivity contribution in [2.75, 3.05) is 12.4 Å². The zero-order valence-electron chi connectivity index (χ0n) is 12.9. The van der Waals surface area contributed by atoms with Gasteiger partial charge in [-0.25, -0.2) is 4.79 Å². The van der Waals surface area contributed by atoms with Crippen molar-refractivity contribution in [2.24, 2.45) is 5.92 Å². The molecule has 120 valence electrons. The summed E-state index contributed by atoms with van der Waals surface area (Å²) in [5, 5.41) is 2.82. The molecule has 1 saturated heterocycles. The van der Waals surface area contributed by atoms with Crippen molar-refractivity contribution in [3.63, 3.8) is 0 Å². The van der Waals surface area contributed by atoms with Crippen molar-refractivity contribution in [2.45, 2.75) is 58.4 Å². The van der Waals surface area contributed by atoms with Gasteiger partial charge >= 0.3 is 5.97 Å². The summed E-state index contributed by atoms with van der Waals surface area (Å²) in [6.07, 6.45) is 5.40. The average molecular weight is 315 g/mol. The minimum Gasteiger partial charge on any atom is -0.464 e. The van der Waals surface area contributed by atoms with E-state index in [1.165, 1.54) is 18.7 Å². The number of carbonyl (C=O) groups is 3. The second-order valence-corrected chi connectivity index (χ2v) is 6.50. The highest BCUT2D eigenvalue weighted by atomic mass is 32.2. The molecule has 0 aromatic heterocycles. The molecule has 2 atom stereocenters. The fourth-order valence-corrected chi connectivity index (χ4v) is 3.14. The molecule has 2 unspecified atom stereocenters. The van der Waals surface area contributed by atoms with Gasteiger partial charge in [0.25, 0.3) is 0 Å². The maximum atomic E-state index is 12.3. The summed E-state index contributed by atoms with van der Waals surface area (Å²) in [5.41, 5.74) is 0. The fourth-order valence-electron chi connectivity index (χ4n) is 2.38. The molecular weight excluding hydrogens is 290 g/mol. The van der Waals surface area contributed by atoms with Gasteiger partial charge in [-0.15, -0.1) is 0 Å². The van der Waals surface area contributed by atoms with E-state index in [0.717, 1.165) is 32.1 Å². The second kappa shape index (κ2) is 9.82. The standard InChI is InChI=1S/C15H25NO4S/c1-3-20-15(19)13-9-7-5-4-6-8-12(14(18)16-13)10-21-11(2)17/h12-13H,3-10H2,1-2H3,(H,16,18). The van der Waals surface area contributed by atoms with Crippen LogP contribution in [-0.4, -0.2) is 35.4 Å². The first-order chi connectivity index (χ1) is 10.0. The van der Waals surface area contributed by atoms with E-state index in [-0.39, 0.29) is 22.9 Å². The van der Waals surface area contributed by atoms with Crippen molar-refractivity contribution in [1.29, 1.82) is 0 Å². The molecule has 1 fully saturated rings. The molecular formula is C15H25NO4S. The summed E-state index contributed by atoms with van der Waals surface area (Å²) in [6.45, 7) is 3.57. The monoisotopic (exact) mass is 315 g/mol. The summed E-state index contributed by atoms with van der Waals surface area (Å²) >= 11 is 1.17. The molecule has 1 aliphatic rings. The Morgan fingerprint density at radius 2 is 1.90 bits per heavy atom. The largest absolute Gasteiger partial charge is 0.464 e. The van der Waals surface area contributed by atoms with E-state index in [1.807, 2.05) is 0 Å². The predicted octanol–water partition coefficient (Wildman–Crippen LogP) is 2.28. The van der Waals surface area contributed by atoms with Gasteiger partial charge in [0.1, 0.15) is 6.04 Å². The SMILES string of the molecule is CCOC(=O)C1CCCCCCC(CSC(C)=O)C(=O)N1. The zero-order chi connectivity index (χ0) is 15.7. The second-order valence-electron chi connectivity index (χ2n) is 5.30. The van der Waals surface area contributed by atoms with E-state index >= 15 is 0 Å². The van der Waals surface area contributed by atoms with Gasteiger partial charge in [-0.3, -0.25) is 9.59 Å². The fraction of sp³-hybridized carbons (Fsp3) is 0.800. The van der Waals surface area contributed by atoms with Crippen LogP contribution < -0.4 is 5.32 Å². The number of hydrogen-bond acceptors (Lipinski definition) is 5. The molecule has 1 heterocycles. The minimum atomic E-state index is -0.555. The van der Waals surface area contributed by atoms with Gasteiger partial charge in [0.05, 0.1) is 6.61 Å². The topological polar surface area (TPSA) is 72.5 Å². The summed E-state index contributed by atoms with van der Waals surface area (Å²) in [4.78, 5) is 35.3. The Bertz CT molecular complexity index is 373. The van der Waals surface area contributed by atoms with Crippen LogP contribution in [0.15, 0.2) is 0 Å². The molecule has 1 rings (SSSR count). The van der Waals surface area contributed by atoms with Crippen molar-refractivity contribution >= 4 is 28.8 Å². The summed E-state index contributed by atoms with van der Waals surface area (Å²) in [7, 11) is 0. The van der Waals surface area contributed by atoms with Crippen LogP contribution >= 0.6 is 11.8 Å². The molecule has 0 spiro atoms. The minimum absolute atomic E-state index is 0.0156. The Labute approximate surface area is 130 Å². The Hall–Kier alpha value is -1.04. The molecule has 5 nitrogen and oxygen atoms in total. The van der Waals surface area contributed by atoms with Gasteiger partial charge in [-0.1, -0.05) is 37.4 Å². The third-order valence-electron chi connectivity index (χ3n) is 3.54. The molecule has 0 aromatic rings. The highest BCUT2D eigenvalue weighted by Crippen LogP contribution is 2.20. The van der Waals surface area contributed by atoms with Crippen molar-refractivity contribution in [1.82, 2.24) is 5.32 Å². The van der Waals surface area contributed by atoms with E-state index in [4.69, 9.17) is 4.74 Å². The normalized spacial score (nSPS) is 24.0. The molecule has 0 radical (unpaired) electrons. The predicted molar refractivity (Wildman–Crippen MR) is 82.9 cm³/mol. The molecule has 0 aromatic carbocycles. The lowest BCUT2D eigenvalue weighted by Gasteiger charge is -2.23. The van der Waals surface area contributed by atoms with Crippen molar-refractivity contribution < 1.29 is 19.1 Å². The smallest absolute Gasteiger partial charge is 0.328 e. The van der Waals surface area contributed by atoms with Gasteiger partial charge in [-0.05, 0) is 19.8 Å². The average Bonchev–Trinajstić information content (AvgIpc) is 2.44. The van der Waals surface area contributed by atoms with Gasteiger partial charge in [0.15, 0.2) is 5.12 Å². The molecule has 21 heavy (non-hydrogen) atoms. The first-order valence-electron chi connectivity index (χ1n) is 7.65. The Balaban J connectivity index is 2.67. The summed E-state index contributed by atoms with van der Waals surface area (Å²) in [6, 6.07) is -0.555. The van der Waals surface area contributed by atoms with E-state index in [0.29, 0.717) is 18.8 Å². The lowest BCUT2D eigenvalue weighted by molar-refractivity contribution is -0.148. The van der Waals surface area contributed by atoms with E-state index in [9.17, 15) is 14.4 Å². The first kappa shape index (κ1) is 18.0. The van der Waals surface area contributed by atoms with Crippen LogP contribution in [0.4, 0.5) is 0 Å². The Morgan fingerprint density at radius 1 is 1.24 bits per heavy atom. The highest BCUT2D eigenvalue weighted by molar-refractivity contribution is 8.13. The van der Waals surface area contributed by atoms with Crippen LogP contribution in [0.2, 0.25) is 0 Å². The highest BCUT2D eigenvalue weighted by Gasteiger charge is 2.27. The molecule has 1 N–H and O–H groups in total. The molecule has 0 saturated carbocycles. The molecule has 6 heteroatoms. The number of ether oxygens (including phenoxy) is 1. The van der Waals surface area contributed by atoms with E-state index in [2.05, 4.69) is 5.32 Å². The molecule has 0 aliphatic carbocycles. The number of esters is 1. The van der Waals surface area contributed by atoms with Crippen LogP contribution in [0, 0.1) is 5.92 Å². The first-order valence-corrected chi connectivity index (χ1v) is 8.63. The number of rotatable bonds is 4. The maximum absolute atomic E-state index is 12.3. The van der Waals surface area contributed by atoms with Gasteiger partial charge in [-0.2, -0.15) is 0 Å². The van der Waals surface area contributed by atoms with E-state index < -0.39 is 6.04 Å². The zero-order valence-corrected chi connectivity index (χ0v) is 13.7.